The number of alkyl halides is 2. The van der Waals surface area contributed by atoms with E-state index in [1.807, 2.05) is 6.07 Å². The van der Waals surface area contributed by atoms with Crippen LogP contribution in [0.5, 0.6) is 0 Å². The molecule has 1 atom stereocenters. The van der Waals surface area contributed by atoms with E-state index in [2.05, 4.69) is 5.32 Å². The lowest BCUT2D eigenvalue weighted by atomic mass is 9.96. The van der Waals surface area contributed by atoms with Crippen molar-refractivity contribution >= 4 is 12.4 Å². The van der Waals surface area contributed by atoms with Gasteiger partial charge in [0.05, 0.1) is 12.5 Å². The first-order chi connectivity index (χ1) is 6.20. The van der Waals surface area contributed by atoms with Gasteiger partial charge >= 0.3 is 0 Å². The maximum Gasteiger partial charge on any atom is 0.268 e. The SMILES string of the molecule is Cl.FC1(F)CNCC1c1ccccc1. The van der Waals surface area contributed by atoms with Gasteiger partial charge in [-0.1, -0.05) is 30.3 Å². The zero-order valence-electron chi connectivity index (χ0n) is 7.54. The molecule has 1 unspecified atom stereocenters. The molecule has 0 radical (unpaired) electrons. The monoisotopic (exact) mass is 219 g/mol. The van der Waals surface area contributed by atoms with Crippen LogP contribution in [0.1, 0.15) is 11.5 Å². The van der Waals surface area contributed by atoms with Crippen LogP contribution in [0.3, 0.4) is 0 Å². The smallest absolute Gasteiger partial charge is 0.268 e. The minimum absolute atomic E-state index is 0. The molecule has 1 nitrogen and oxygen atoms in total. The Kier molecular flexibility index (Phi) is 3.45. The van der Waals surface area contributed by atoms with Gasteiger partial charge in [-0.05, 0) is 5.56 Å². The maximum absolute atomic E-state index is 13.2. The molecule has 14 heavy (non-hydrogen) atoms. The summed E-state index contributed by atoms with van der Waals surface area (Å²) in [5.74, 6) is -3.25. The number of rotatable bonds is 1. The van der Waals surface area contributed by atoms with Crippen LogP contribution in [0.15, 0.2) is 30.3 Å². The van der Waals surface area contributed by atoms with Crippen molar-refractivity contribution in [3.8, 4) is 0 Å². The molecule has 4 heteroatoms. The van der Waals surface area contributed by atoms with Crippen molar-refractivity contribution in [2.24, 2.45) is 0 Å². The van der Waals surface area contributed by atoms with Crippen LogP contribution >= 0.6 is 12.4 Å². The van der Waals surface area contributed by atoms with Gasteiger partial charge in [-0.3, -0.25) is 0 Å². The lowest BCUT2D eigenvalue weighted by molar-refractivity contribution is 0.00577. The minimum atomic E-state index is -2.60. The number of nitrogens with one attached hydrogen (secondary N) is 1. The van der Waals surface area contributed by atoms with Crippen molar-refractivity contribution < 1.29 is 8.78 Å². The Morgan fingerprint density at radius 1 is 1.21 bits per heavy atom. The van der Waals surface area contributed by atoms with Gasteiger partial charge in [0.2, 0.25) is 0 Å². The molecule has 1 aromatic rings. The van der Waals surface area contributed by atoms with Gasteiger partial charge in [0.1, 0.15) is 0 Å². The fourth-order valence-corrected chi connectivity index (χ4v) is 1.70. The summed E-state index contributed by atoms with van der Waals surface area (Å²) in [5, 5.41) is 2.71. The molecule has 2 rings (SSSR count). The topological polar surface area (TPSA) is 12.0 Å². The highest BCUT2D eigenvalue weighted by Crippen LogP contribution is 2.35. The second-order valence-electron chi connectivity index (χ2n) is 3.36. The van der Waals surface area contributed by atoms with E-state index in [4.69, 9.17) is 0 Å². The van der Waals surface area contributed by atoms with Crippen LogP contribution in [0.25, 0.3) is 0 Å². The summed E-state index contributed by atoms with van der Waals surface area (Å²) < 4.78 is 26.5. The predicted molar refractivity (Wildman–Crippen MR) is 54.2 cm³/mol. The van der Waals surface area contributed by atoms with Crippen LogP contribution < -0.4 is 5.32 Å². The normalized spacial score (nSPS) is 24.3. The van der Waals surface area contributed by atoms with E-state index in [9.17, 15) is 8.78 Å². The van der Waals surface area contributed by atoms with Gasteiger partial charge in [-0.25, -0.2) is 8.78 Å². The summed E-state index contributed by atoms with van der Waals surface area (Å²) in [4.78, 5) is 0. The van der Waals surface area contributed by atoms with E-state index < -0.39 is 11.8 Å². The van der Waals surface area contributed by atoms with Crippen molar-refractivity contribution in [1.82, 2.24) is 5.32 Å². The molecule has 0 aliphatic carbocycles. The number of hydrogen-bond donors (Lipinski definition) is 1. The van der Waals surface area contributed by atoms with Crippen molar-refractivity contribution in [2.75, 3.05) is 13.1 Å². The second kappa shape index (κ2) is 4.24. The Balaban J connectivity index is 0.000000980. The first-order valence-corrected chi connectivity index (χ1v) is 4.33. The maximum atomic E-state index is 13.2. The van der Waals surface area contributed by atoms with E-state index in [-0.39, 0.29) is 19.0 Å². The van der Waals surface area contributed by atoms with Crippen molar-refractivity contribution in [3.63, 3.8) is 0 Å². The van der Waals surface area contributed by atoms with Crippen molar-refractivity contribution in [3.05, 3.63) is 35.9 Å². The summed E-state index contributed by atoms with van der Waals surface area (Å²) in [6.07, 6.45) is 0. The zero-order valence-corrected chi connectivity index (χ0v) is 8.36. The van der Waals surface area contributed by atoms with Gasteiger partial charge in [0.15, 0.2) is 0 Å². The fourth-order valence-electron chi connectivity index (χ4n) is 1.70. The van der Waals surface area contributed by atoms with Gasteiger partial charge < -0.3 is 5.32 Å². The van der Waals surface area contributed by atoms with Crippen LogP contribution in [0.2, 0.25) is 0 Å². The quantitative estimate of drug-likeness (QED) is 0.765. The molecule has 1 fully saturated rings. The second-order valence-corrected chi connectivity index (χ2v) is 3.36. The Bertz CT molecular complexity index is 289. The Labute approximate surface area is 87.9 Å². The number of hydrogen-bond acceptors (Lipinski definition) is 1. The minimum Gasteiger partial charge on any atom is -0.310 e. The average molecular weight is 220 g/mol. The molecular formula is C10H12ClF2N. The lowest BCUT2D eigenvalue weighted by Crippen LogP contribution is -2.25. The molecule has 1 N–H and O–H groups in total. The highest BCUT2D eigenvalue weighted by atomic mass is 35.5. The van der Waals surface area contributed by atoms with Gasteiger partial charge in [-0.15, -0.1) is 12.4 Å². The highest BCUT2D eigenvalue weighted by Gasteiger charge is 2.44. The molecule has 0 bridgehead atoms. The highest BCUT2D eigenvalue weighted by molar-refractivity contribution is 5.85. The third kappa shape index (κ3) is 2.04. The number of benzene rings is 1. The first-order valence-electron chi connectivity index (χ1n) is 4.33. The Hall–Kier alpha value is -0.670. The van der Waals surface area contributed by atoms with Gasteiger partial charge in [0, 0.05) is 6.54 Å². The molecule has 0 aromatic heterocycles. The molecule has 0 amide bonds. The standard InChI is InChI=1S/C10H11F2N.ClH/c11-10(12)7-13-6-9(10)8-4-2-1-3-5-8;/h1-5,9,13H,6-7H2;1H. The van der Waals surface area contributed by atoms with E-state index in [0.29, 0.717) is 6.54 Å². The van der Waals surface area contributed by atoms with E-state index in [1.54, 1.807) is 24.3 Å². The molecular weight excluding hydrogens is 208 g/mol. The van der Waals surface area contributed by atoms with Gasteiger partial charge in [-0.2, -0.15) is 0 Å². The summed E-state index contributed by atoms with van der Waals surface area (Å²) in [6.45, 7) is 0.170. The molecule has 1 heterocycles. The summed E-state index contributed by atoms with van der Waals surface area (Å²) in [7, 11) is 0. The van der Waals surface area contributed by atoms with Crippen LogP contribution in [0.4, 0.5) is 8.78 Å². The van der Waals surface area contributed by atoms with Crippen molar-refractivity contribution in [1.29, 1.82) is 0 Å². The van der Waals surface area contributed by atoms with Crippen LogP contribution in [-0.2, 0) is 0 Å². The van der Waals surface area contributed by atoms with Crippen LogP contribution in [-0.4, -0.2) is 19.0 Å². The summed E-state index contributed by atoms with van der Waals surface area (Å²) >= 11 is 0. The van der Waals surface area contributed by atoms with E-state index in [1.165, 1.54) is 0 Å². The molecule has 0 spiro atoms. The molecule has 0 saturated carbocycles. The third-order valence-corrected chi connectivity index (χ3v) is 2.42. The Morgan fingerprint density at radius 3 is 2.36 bits per heavy atom. The average Bonchev–Trinajstić information content (AvgIpc) is 2.47. The molecule has 1 aromatic carbocycles. The van der Waals surface area contributed by atoms with Crippen LogP contribution in [0, 0.1) is 0 Å². The molecule has 1 saturated heterocycles. The third-order valence-electron chi connectivity index (χ3n) is 2.42. The predicted octanol–water partition coefficient (Wildman–Crippen LogP) is 2.43. The largest absolute Gasteiger partial charge is 0.310 e. The first kappa shape index (κ1) is 11.4. The zero-order chi connectivity index (χ0) is 9.31. The summed E-state index contributed by atoms with van der Waals surface area (Å²) in [6, 6.07) is 8.94. The lowest BCUT2D eigenvalue weighted by Gasteiger charge is -2.17. The fraction of sp³-hybridized carbons (Fsp3) is 0.400. The van der Waals surface area contributed by atoms with E-state index >= 15 is 0 Å². The Morgan fingerprint density at radius 2 is 1.86 bits per heavy atom. The van der Waals surface area contributed by atoms with Crippen molar-refractivity contribution in [2.45, 2.75) is 11.8 Å². The molecule has 1 aliphatic rings. The van der Waals surface area contributed by atoms with E-state index in [0.717, 1.165) is 5.56 Å². The molecule has 1 aliphatic heterocycles. The molecule has 78 valence electrons. The van der Waals surface area contributed by atoms with Gasteiger partial charge in [0.25, 0.3) is 5.92 Å². The summed E-state index contributed by atoms with van der Waals surface area (Å²) in [5.41, 5.74) is 0.720. The number of halogens is 3.